The van der Waals surface area contributed by atoms with Gasteiger partial charge >= 0.3 is 5.97 Å². The number of methoxy groups -OCH3 is 1. The van der Waals surface area contributed by atoms with E-state index in [1.807, 2.05) is 18.4 Å². The zero-order valence-corrected chi connectivity index (χ0v) is 12.2. The second kappa shape index (κ2) is 6.49. The first-order valence-corrected chi connectivity index (χ1v) is 6.97. The Morgan fingerprint density at radius 1 is 1.45 bits per heavy atom. The molecule has 2 N–H and O–H groups in total. The third kappa shape index (κ3) is 3.79. The number of aromatic carboxylic acids is 1. The summed E-state index contributed by atoms with van der Waals surface area (Å²) in [5.41, 5.74) is 2.89. The van der Waals surface area contributed by atoms with Crippen molar-refractivity contribution >= 4 is 23.0 Å². The smallest absolute Gasteiger partial charge is 0.335 e. The Labute approximate surface area is 121 Å². The number of rotatable bonds is 6. The van der Waals surface area contributed by atoms with Gasteiger partial charge in [0.1, 0.15) is 5.01 Å². The first-order valence-electron chi connectivity index (χ1n) is 6.09. The van der Waals surface area contributed by atoms with Crippen LogP contribution in [0.1, 0.15) is 26.6 Å². The van der Waals surface area contributed by atoms with Crippen molar-refractivity contribution in [2.75, 3.05) is 12.4 Å². The topological polar surface area (TPSA) is 71.5 Å². The molecule has 0 atom stereocenters. The van der Waals surface area contributed by atoms with Crippen molar-refractivity contribution < 1.29 is 14.6 Å². The van der Waals surface area contributed by atoms with Crippen molar-refractivity contribution in [2.45, 2.75) is 20.1 Å². The van der Waals surface area contributed by atoms with Gasteiger partial charge in [-0.3, -0.25) is 0 Å². The molecule has 0 spiro atoms. The minimum absolute atomic E-state index is 0.283. The van der Waals surface area contributed by atoms with Gasteiger partial charge in [-0.15, -0.1) is 11.3 Å². The molecule has 0 saturated heterocycles. The van der Waals surface area contributed by atoms with Crippen LogP contribution in [0.4, 0.5) is 5.69 Å². The van der Waals surface area contributed by atoms with Crippen molar-refractivity contribution in [3.05, 3.63) is 45.4 Å². The van der Waals surface area contributed by atoms with Gasteiger partial charge < -0.3 is 15.2 Å². The minimum atomic E-state index is -0.923. The lowest BCUT2D eigenvalue weighted by molar-refractivity contribution is 0.0697. The Balaban J connectivity index is 2.04. The highest BCUT2D eigenvalue weighted by Gasteiger charge is 2.06. The van der Waals surface area contributed by atoms with Crippen molar-refractivity contribution in [1.82, 2.24) is 4.98 Å². The van der Waals surface area contributed by atoms with Gasteiger partial charge in [0.05, 0.1) is 24.4 Å². The van der Waals surface area contributed by atoms with Crippen LogP contribution in [0.3, 0.4) is 0 Å². The Morgan fingerprint density at radius 3 is 2.95 bits per heavy atom. The monoisotopic (exact) mass is 292 g/mol. The molecule has 0 saturated carbocycles. The zero-order chi connectivity index (χ0) is 14.5. The van der Waals surface area contributed by atoms with Crippen LogP contribution in [0.2, 0.25) is 0 Å². The Morgan fingerprint density at radius 2 is 2.25 bits per heavy atom. The Bertz CT molecular complexity index is 610. The third-order valence-electron chi connectivity index (χ3n) is 2.67. The van der Waals surface area contributed by atoms with Gasteiger partial charge in [0, 0.05) is 18.2 Å². The van der Waals surface area contributed by atoms with Crippen LogP contribution in [0.15, 0.2) is 23.6 Å². The highest BCUT2D eigenvalue weighted by atomic mass is 32.1. The number of carboxylic acids is 1. The number of hydrogen-bond donors (Lipinski definition) is 2. The summed E-state index contributed by atoms with van der Waals surface area (Å²) in [5, 5.41) is 15.1. The molecule has 2 aromatic rings. The number of hydrogen-bond acceptors (Lipinski definition) is 5. The molecule has 0 amide bonds. The number of nitrogens with zero attached hydrogens (tertiary/aromatic N) is 1. The fourth-order valence-corrected chi connectivity index (χ4v) is 2.59. The molecule has 0 bridgehead atoms. The minimum Gasteiger partial charge on any atom is -0.478 e. The summed E-state index contributed by atoms with van der Waals surface area (Å²) >= 11 is 1.55. The number of benzene rings is 1. The molecule has 0 aliphatic rings. The zero-order valence-electron chi connectivity index (χ0n) is 11.3. The molecule has 0 fully saturated rings. The number of nitrogens with one attached hydrogen (secondary N) is 1. The van der Waals surface area contributed by atoms with Gasteiger partial charge in [0.25, 0.3) is 0 Å². The summed E-state index contributed by atoms with van der Waals surface area (Å²) in [6.45, 7) is 2.94. The molecule has 1 aromatic heterocycles. The molecular weight excluding hydrogens is 276 g/mol. The first kappa shape index (κ1) is 14.5. The Hall–Kier alpha value is -1.92. The summed E-state index contributed by atoms with van der Waals surface area (Å²) in [6, 6.07) is 5.18. The number of aromatic nitrogens is 1. The molecule has 20 heavy (non-hydrogen) atoms. The summed E-state index contributed by atoms with van der Waals surface area (Å²) < 4.78 is 5.02. The van der Waals surface area contributed by atoms with Gasteiger partial charge in [-0.2, -0.15) is 0 Å². The van der Waals surface area contributed by atoms with Crippen LogP contribution >= 0.6 is 11.3 Å². The summed E-state index contributed by atoms with van der Waals surface area (Å²) in [7, 11) is 1.64. The fraction of sp³-hybridized carbons (Fsp3) is 0.286. The lowest BCUT2D eigenvalue weighted by Gasteiger charge is -2.07. The lowest BCUT2D eigenvalue weighted by Crippen LogP contribution is -2.03. The van der Waals surface area contributed by atoms with Crippen LogP contribution < -0.4 is 5.32 Å². The second-order valence-corrected chi connectivity index (χ2v) is 5.35. The molecule has 0 unspecified atom stereocenters. The van der Waals surface area contributed by atoms with E-state index in [0.29, 0.717) is 13.2 Å². The van der Waals surface area contributed by atoms with Gasteiger partial charge in [0.2, 0.25) is 0 Å². The molecule has 0 aliphatic carbocycles. The maximum Gasteiger partial charge on any atom is 0.335 e. The van der Waals surface area contributed by atoms with E-state index in [9.17, 15) is 4.79 Å². The number of carbonyl (C=O) groups is 1. The second-order valence-electron chi connectivity index (χ2n) is 4.41. The number of carboxylic acid groups (broad SMARTS) is 1. The summed E-state index contributed by atoms with van der Waals surface area (Å²) in [6.07, 6.45) is 0. The van der Waals surface area contributed by atoms with Crippen LogP contribution in [0.5, 0.6) is 0 Å². The maximum absolute atomic E-state index is 11.0. The number of ether oxygens (including phenoxy) is 1. The van der Waals surface area contributed by atoms with Crippen molar-refractivity contribution in [2.24, 2.45) is 0 Å². The van der Waals surface area contributed by atoms with Gasteiger partial charge in [0.15, 0.2) is 0 Å². The van der Waals surface area contributed by atoms with E-state index < -0.39 is 5.97 Å². The normalized spacial score (nSPS) is 10.5. The average molecular weight is 292 g/mol. The molecule has 0 radical (unpaired) electrons. The predicted octanol–water partition coefficient (Wildman–Crippen LogP) is 2.91. The quantitative estimate of drug-likeness (QED) is 0.856. The first-order chi connectivity index (χ1) is 9.58. The van der Waals surface area contributed by atoms with Gasteiger partial charge in [-0.25, -0.2) is 9.78 Å². The summed E-state index contributed by atoms with van der Waals surface area (Å²) in [4.78, 5) is 15.4. The molecule has 1 aromatic carbocycles. The standard InChI is InChI=1S/C14H16N2O3S/c1-9-3-10(14(17)18)5-11(4-9)15-6-12-8-20-13(16-12)7-19-2/h3-5,8,15H,6-7H2,1-2H3,(H,17,18). The number of thiazole rings is 1. The SMILES string of the molecule is COCc1nc(CNc2cc(C)cc(C(=O)O)c2)cs1. The lowest BCUT2D eigenvalue weighted by atomic mass is 10.1. The average Bonchev–Trinajstić information content (AvgIpc) is 2.84. The van der Waals surface area contributed by atoms with Crippen LogP contribution in [0.25, 0.3) is 0 Å². The van der Waals surface area contributed by atoms with E-state index in [0.717, 1.165) is 22.0 Å². The molecule has 0 aliphatic heterocycles. The van der Waals surface area contributed by atoms with Crippen LogP contribution in [-0.4, -0.2) is 23.2 Å². The molecule has 6 heteroatoms. The summed E-state index contributed by atoms with van der Waals surface area (Å²) in [5.74, 6) is -0.923. The van der Waals surface area contributed by atoms with Crippen LogP contribution in [-0.2, 0) is 17.9 Å². The molecular formula is C14H16N2O3S. The Kier molecular flexibility index (Phi) is 4.70. The number of anilines is 1. The number of aryl methyl sites for hydroxylation is 1. The van der Waals surface area contributed by atoms with E-state index in [2.05, 4.69) is 10.3 Å². The van der Waals surface area contributed by atoms with Gasteiger partial charge in [-0.1, -0.05) is 0 Å². The van der Waals surface area contributed by atoms with Crippen LogP contribution in [0, 0.1) is 6.92 Å². The van der Waals surface area contributed by atoms with E-state index in [1.54, 1.807) is 30.6 Å². The molecule has 2 rings (SSSR count). The highest BCUT2D eigenvalue weighted by molar-refractivity contribution is 7.09. The largest absolute Gasteiger partial charge is 0.478 e. The molecule has 5 nitrogen and oxygen atoms in total. The van der Waals surface area contributed by atoms with E-state index in [-0.39, 0.29) is 5.56 Å². The van der Waals surface area contributed by atoms with Crippen molar-refractivity contribution in [1.29, 1.82) is 0 Å². The van der Waals surface area contributed by atoms with E-state index >= 15 is 0 Å². The van der Waals surface area contributed by atoms with E-state index in [4.69, 9.17) is 9.84 Å². The maximum atomic E-state index is 11.0. The fourth-order valence-electron chi connectivity index (χ4n) is 1.82. The highest BCUT2D eigenvalue weighted by Crippen LogP contribution is 2.17. The van der Waals surface area contributed by atoms with Crippen molar-refractivity contribution in [3.8, 4) is 0 Å². The predicted molar refractivity (Wildman–Crippen MR) is 78.3 cm³/mol. The van der Waals surface area contributed by atoms with Crippen molar-refractivity contribution in [3.63, 3.8) is 0 Å². The molecule has 106 valence electrons. The van der Waals surface area contributed by atoms with E-state index in [1.165, 1.54) is 0 Å². The van der Waals surface area contributed by atoms with Gasteiger partial charge in [-0.05, 0) is 30.7 Å². The molecule has 1 heterocycles. The third-order valence-corrected chi connectivity index (χ3v) is 3.54.